The summed E-state index contributed by atoms with van der Waals surface area (Å²) < 4.78 is 5.45. The smallest absolute Gasteiger partial charge is 0.410 e. The van der Waals surface area contributed by atoms with Crippen LogP contribution in [-0.2, 0) is 9.53 Å². The van der Waals surface area contributed by atoms with Crippen molar-refractivity contribution in [1.29, 1.82) is 0 Å². The number of piperidine rings is 1. The van der Waals surface area contributed by atoms with E-state index in [1.807, 2.05) is 33.9 Å². The Balaban J connectivity index is 1.42. The molecule has 1 aromatic heterocycles. The van der Waals surface area contributed by atoms with Crippen LogP contribution in [0.25, 0.3) is 0 Å². The average Bonchev–Trinajstić information content (AvgIpc) is 2.72. The third kappa shape index (κ3) is 6.68. The van der Waals surface area contributed by atoms with E-state index in [9.17, 15) is 9.59 Å². The molecule has 172 valence electrons. The van der Waals surface area contributed by atoms with Crippen molar-refractivity contribution in [2.24, 2.45) is 11.8 Å². The molecule has 0 unspecified atom stereocenters. The molecule has 2 fully saturated rings. The van der Waals surface area contributed by atoms with Crippen LogP contribution < -0.4 is 0 Å². The highest BCUT2D eigenvalue weighted by molar-refractivity contribution is 5.79. The first-order valence-electron chi connectivity index (χ1n) is 11.8. The van der Waals surface area contributed by atoms with Gasteiger partial charge in [-0.25, -0.2) is 4.79 Å². The van der Waals surface area contributed by atoms with Crippen LogP contribution in [-0.4, -0.2) is 59.1 Å². The lowest BCUT2D eigenvalue weighted by Gasteiger charge is -2.37. The lowest BCUT2D eigenvalue weighted by molar-refractivity contribution is -0.138. The topological polar surface area (TPSA) is 62.7 Å². The summed E-state index contributed by atoms with van der Waals surface area (Å²) in [5, 5.41) is 0. The third-order valence-electron chi connectivity index (χ3n) is 6.63. The fourth-order valence-corrected chi connectivity index (χ4v) is 4.91. The van der Waals surface area contributed by atoms with Gasteiger partial charge in [-0.1, -0.05) is 0 Å². The summed E-state index contributed by atoms with van der Waals surface area (Å²) in [6.07, 6.45) is 7.53. The largest absolute Gasteiger partial charge is 0.444 e. The normalized spacial score (nSPS) is 22.8. The number of aromatic nitrogens is 1. The molecule has 0 bridgehead atoms. The molecule has 1 aliphatic carbocycles. The summed E-state index contributed by atoms with van der Waals surface area (Å²) in [6, 6.07) is 4.29. The van der Waals surface area contributed by atoms with E-state index in [0.29, 0.717) is 24.3 Å². The third-order valence-corrected chi connectivity index (χ3v) is 6.63. The van der Waals surface area contributed by atoms with Crippen LogP contribution in [0.3, 0.4) is 0 Å². The van der Waals surface area contributed by atoms with E-state index in [0.717, 1.165) is 57.3 Å². The van der Waals surface area contributed by atoms with E-state index in [1.54, 1.807) is 11.9 Å². The summed E-state index contributed by atoms with van der Waals surface area (Å²) in [4.78, 5) is 33.3. The van der Waals surface area contributed by atoms with Crippen molar-refractivity contribution in [2.75, 3.05) is 26.7 Å². The van der Waals surface area contributed by atoms with Gasteiger partial charge in [0, 0.05) is 44.5 Å². The maximum atomic E-state index is 13.1. The molecule has 2 aliphatic rings. The van der Waals surface area contributed by atoms with Gasteiger partial charge in [0.1, 0.15) is 5.60 Å². The number of ether oxygens (including phenoxy) is 1. The fourth-order valence-electron chi connectivity index (χ4n) is 4.91. The first-order valence-corrected chi connectivity index (χ1v) is 11.8. The molecule has 1 saturated carbocycles. The molecule has 1 aromatic rings. The first kappa shape index (κ1) is 23.6. The van der Waals surface area contributed by atoms with Gasteiger partial charge in [-0.15, -0.1) is 0 Å². The summed E-state index contributed by atoms with van der Waals surface area (Å²) >= 11 is 0. The Morgan fingerprint density at radius 3 is 2.35 bits per heavy atom. The minimum Gasteiger partial charge on any atom is -0.444 e. The van der Waals surface area contributed by atoms with E-state index in [4.69, 9.17) is 4.74 Å². The van der Waals surface area contributed by atoms with Crippen molar-refractivity contribution in [3.05, 3.63) is 29.6 Å². The predicted molar refractivity (Wildman–Crippen MR) is 122 cm³/mol. The summed E-state index contributed by atoms with van der Waals surface area (Å²) in [7, 11) is 1.81. The second-order valence-electron chi connectivity index (χ2n) is 10.4. The van der Waals surface area contributed by atoms with Crippen molar-refractivity contribution in [2.45, 2.75) is 77.7 Å². The maximum Gasteiger partial charge on any atom is 0.410 e. The number of hydrogen-bond donors (Lipinski definition) is 0. The lowest BCUT2D eigenvalue weighted by Crippen LogP contribution is -2.43. The molecule has 0 N–H and O–H groups in total. The van der Waals surface area contributed by atoms with Crippen LogP contribution in [0, 0.1) is 18.8 Å². The Bertz CT molecular complexity index is 758. The molecule has 6 heteroatoms. The predicted octanol–water partition coefficient (Wildman–Crippen LogP) is 4.77. The van der Waals surface area contributed by atoms with Crippen LogP contribution in [0.4, 0.5) is 4.79 Å². The fraction of sp³-hybridized carbons (Fsp3) is 0.720. The van der Waals surface area contributed by atoms with Crippen LogP contribution in [0.15, 0.2) is 18.3 Å². The number of rotatable bonds is 4. The van der Waals surface area contributed by atoms with Gasteiger partial charge in [0.25, 0.3) is 0 Å². The Morgan fingerprint density at radius 2 is 1.77 bits per heavy atom. The van der Waals surface area contributed by atoms with Gasteiger partial charge in [0.05, 0.1) is 0 Å². The molecule has 6 nitrogen and oxygen atoms in total. The molecule has 0 aromatic carbocycles. The summed E-state index contributed by atoms with van der Waals surface area (Å²) in [5.74, 6) is 1.46. The molecule has 3 rings (SSSR count). The van der Waals surface area contributed by atoms with E-state index < -0.39 is 5.60 Å². The van der Waals surface area contributed by atoms with E-state index in [2.05, 4.69) is 22.0 Å². The number of amides is 2. The molecule has 2 heterocycles. The number of pyridine rings is 1. The second-order valence-corrected chi connectivity index (χ2v) is 10.4. The van der Waals surface area contributed by atoms with Crippen LogP contribution in [0.2, 0.25) is 0 Å². The highest BCUT2D eigenvalue weighted by atomic mass is 16.6. The zero-order valence-electron chi connectivity index (χ0n) is 19.9. The number of nitrogens with zero attached hydrogens (tertiary/aromatic N) is 3. The zero-order chi connectivity index (χ0) is 22.6. The molecule has 1 saturated heterocycles. The van der Waals surface area contributed by atoms with Gasteiger partial charge in [0.2, 0.25) is 5.91 Å². The Labute approximate surface area is 187 Å². The number of hydrogen-bond acceptors (Lipinski definition) is 4. The number of carbonyl (C=O) groups is 2. The molecule has 0 radical (unpaired) electrons. The average molecular weight is 430 g/mol. The van der Waals surface area contributed by atoms with Crippen LogP contribution >= 0.6 is 0 Å². The standard InChI is InChI=1S/C25H39N3O3/c1-18-16-22(10-13-26-18)20-11-14-28(15-12-20)23(29)21-8-6-19(7-9-21)17-27(5)24(30)31-25(2,3)4/h10,13,16,19-21H,6-9,11-12,14-15,17H2,1-5H3. The highest BCUT2D eigenvalue weighted by Gasteiger charge is 2.32. The van der Waals surface area contributed by atoms with Crippen LogP contribution in [0.1, 0.15) is 76.5 Å². The summed E-state index contributed by atoms with van der Waals surface area (Å²) in [5.41, 5.74) is 1.94. The quantitative estimate of drug-likeness (QED) is 0.692. The van der Waals surface area contributed by atoms with Crippen molar-refractivity contribution in [3.8, 4) is 0 Å². The minimum absolute atomic E-state index is 0.141. The van der Waals surface area contributed by atoms with E-state index in [-0.39, 0.29) is 12.0 Å². The Morgan fingerprint density at radius 1 is 1.13 bits per heavy atom. The number of aryl methyl sites for hydroxylation is 1. The van der Waals surface area contributed by atoms with Gasteiger partial charge < -0.3 is 14.5 Å². The number of likely N-dealkylation sites (tertiary alicyclic amines) is 1. The van der Waals surface area contributed by atoms with Gasteiger partial charge in [0.15, 0.2) is 0 Å². The van der Waals surface area contributed by atoms with Gasteiger partial charge in [-0.3, -0.25) is 9.78 Å². The van der Waals surface area contributed by atoms with Gasteiger partial charge in [-0.2, -0.15) is 0 Å². The van der Waals surface area contributed by atoms with Gasteiger partial charge >= 0.3 is 6.09 Å². The SMILES string of the molecule is Cc1cc(C2CCN(C(=O)C3CCC(CN(C)C(=O)OC(C)(C)C)CC3)CC2)ccn1. The molecular weight excluding hydrogens is 390 g/mol. The van der Waals surface area contributed by atoms with Crippen molar-refractivity contribution in [3.63, 3.8) is 0 Å². The molecule has 31 heavy (non-hydrogen) atoms. The molecule has 0 spiro atoms. The van der Waals surface area contributed by atoms with E-state index in [1.165, 1.54) is 5.56 Å². The Kier molecular flexibility index (Phi) is 7.60. The zero-order valence-corrected chi connectivity index (χ0v) is 19.9. The number of carbonyl (C=O) groups excluding carboxylic acids is 2. The first-order chi connectivity index (χ1) is 14.6. The van der Waals surface area contributed by atoms with Crippen molar-refractivity contribution >= 4 is 12.0 Å². The molecule has 0 atom stereocenters. The van der Waals surface area contributed by atoms with Crippen molar-refractivity contribution in [1.82, 2.24) is 14.8 Å². The Hall–Kier alpha value is -2.11. The second kappa shape index (κ2) is 10.0. The molecular formula is C25H39N3O3. The van der Waals surface area contributed by atoms with Crippen molar-refractivity contribution < 1.29 is 14.3 Å². The minimum atomic E-state index is -0.473. The molecule has 2 amide bonds. The van der Waals surface area contributed by atoms with Gasteiger partial charge in [-0.05, 0) is 95.8 Å². The summed E-state index contributed by atoms with van der Waals surface area (Å²) in [6.45, 7) is 10.1. The lowest BCUT2D eigenvalue weighted by atomic mass is 9.80. The maximum absolute atomic E-state index is 13.1. The molecule has 1 aliphatic heterocycles. The monoisotopic (exact) mass is 429 g/mol. The van der Waals surface area contributed by atoms with Crippen LogP contribution in [0.5, 0.6) is 0 Å². The van der Waals surface area contributed by atoms with E-state index >= 15 is 0 Å². The highest BCUT2D eigenvalue weighted by Crippen LogP contribution is 2.33.